The summed E-state index contributed by atoms with van der Waals surface area (Å²) in [6.45, 7) is 6.74. The Morgan fingerprint density at radius 3 is 1.36 bits per heavy atom. The summed E-state index contributed by atoms with van der Waals surface area (Å²) in [6, 6.07) is 0. The Morgan fingerprint density at radius 2 is 1.36 bits per heavy atom. The Balaban J connectivity index is 0. The largest absolute Gasteiger partial charge is 0.394 e. The Hall–Kier alpha value is -0.130. The van der Waals surface area contributed by atoms with E-state index in [4.69, 9.17) is 17.5 Å². The molecule has 0 heterocycles. The fourth-order valence-electron chi connectivity index (χ4n) is 0.289. The van der Waals surface area contributed by atoms with E-state index in [1.54, 1.807) is 0 Å². The van der Waals surface area contributed by atoms with Crippen LogP contribution in [0.4, 0.5) is 0 Å². The normalized spacial score (nSPS) is 10.7. The molecule has 0 saturated heterocycles. The van der Waals surface area contributed by atoms with Gasteiger partial charge in [0.05, 0.1) is 0 Å². The molecule has 0 radical (unpaired) electrons. The van der Waals surface area contributed by atoms with Crippen LogP contribution in [0.25, 0.3) is 0 Å². The van der Waals surface area contributed by atoms with E-state index in [1.807, 2.05) is 0 Å². The van der Waals surface area contributed by atoms with E-state index in [-0.39, 0.29) is 0 Å². The van der Waals surface area contributed by atoms with E-state index < -0.39 is 10.4 Å². The van der Waals surface area contributed by atoms with Crippen molar-refractivity contribution in [2.45, 2.75) is 33.6 Å². The molecule has 0 aliphatic rings. The van der Waals surface area contributed by atoms with Crippen molar-refractivity contribution in [1.82, 2.24) is 0 Å². The topological polar surface area (TPSA) is 74.6 Å². The molecule has 0 rings (SSSR count). The predicted molar refractivity (Wildman–Crippen MR) is 43.9 cm³/mol. The van der Waals surface area contributed by atoms with Gasteiger partial charge < -0.3 is 0 Å². The van der Waals surface area contributed by atoms with Gasteiger partial charge in [-0.25, -0.2) is 0 Å². The maximum atomic E-state index is 8.74. The summed E-state index contributed by atoms with van der Waals surface area (Å²) >= 11 is 0. The molecule has 0 aliphatic carbocycles. The summed E-state index contributed by atoms with van der Waals surface area (Å²) in [5.74, 6) is 0.935. The molecule has 11 heavy (non-hydrogen) atoms. The van der Waals surface area contributed by atoms with Gasteiger partial charge in [0.2, 0.25) is 0 Å². The molecule has 0 aliphatic heterocycles. The minimum Gasteiger partial charge on any atom is -0.264 e. The molecule has 5 heteroatoms. The molecule has 0 saturated carbocycles. The van der Waals surface area contributed by atoms with Gasteiger partial charge in [-0.05, 0) is 5.92 Å². The summed E-state index contributed by atoms with van der Waals surface area (Å²) in [7, 11) is -4.67. The van der Waals surface area contributed by atoms with Crippen LogP contribution in [0.1, 0.15) is 33.6 Å². The maximum Gasteiger partial charge on any atom is 0.394 e. The lowest BCUT2D eigenvalue weighted by Gasteiger charge is -1.98. The van der Waals surface area contributed by atoms with Crippen LogP contribution in [0.3, 0.4) is 0 Å². The predicted octanol–water partition coefficient (Wildman–Crippen LogP) is 1.79. The van der Waals surface area contributed by atoms with Crippen LogP contribution in [0, 0.1) is 5.92 Å². The van der Waals surface area contributed by atoms with Crippen molar-refractivity contribution in [3.63, 3.8) is 0 Å². The Morgan fingerprint density at radius 1 is 1.18 bits per heavy atom. The van der Waals surface area contributed by atoms with Crippen molar-refractivity contribution in [2.24, 2.45) is 5.92 Å². The van der Waals surface area contributed by atoms with Gasteiger partial charge >= 0.3 is 10.4 Å². The van der Waals surface area contributed by atoms with E-state index >= 15 is 0 Å². The maximum absolute atomic E-state index is 8.74. The van der Waals surface area contributed by atoms with Crippen LogP contribution < -0.4 is 0 Å². The average Bonchev–Trinajstić information content (AvgIpc) is 1.83. The lowest BCUT2D eigenvalue weighted by atomic mass is 10.1. The highest BCUT2D eigenvalue weighted by Crippen LogP contribution is 2.02. The molecule has 0 bridgehead atoms. The lowest BCUT2D eigenvalue weighted by molar-refractivity contribution is 0.381. The first kappa shape index (κ1) is 13.5. The van der Waals surface area contributed by atoms with Gasteiger partial charge in [0, 0.05) is 0 Å². The molecule has 0 aromatic heterocycles. The van der Waals surface area contributed by atoms with E-state index in [0.717, 1.165) is 5.92 Å². The number of hydrogen-bond donors (Lipinski definition) is 2. The molecule has 2 N–H and O–H groups in total. The second-order valence-electron chi connectivity index (χ2n) is 2.37. The first-order valence-corrected chi connectivity index (χ1v) is 4.90. The van der Waals surface area contributed by atoms with Crippen LogP contribution >= 0.6 is 0 Å². The second kappa shape index (κ2) is 6.57. The SMILES string of the molecule is CCC(C)CC.O=S(=O)(O)O. The summed E-state index contributed by atoms with van der Waals surface area (Å²) < 4.78 is 31.6. The third kappa shape index (κ3) is 40.8. The van der Waals surface area contributed by atoms with Gasteiger partial charge in [0.1, 0.15) is 0 Å². The third-order valence-electron chi connectivity index (χ3n) is 1.39. The number of hydrogen-bond acceptors (Lipinski definition) is 2. The molecule has 0 spiro atoms. The van der Waals surface area contributed by atoms with Crippen molar-refractivity contribution in [1.29, 1.82) is 0 Å². The summed E-state index contributed by atoms with van der Waals surface area (Å²) in [6.07, 6.45) is 2.66. The Bertz CT molecular complexity index is 149. The Kier molecular flexibility index (Phi) is 8.04. The van der Waals surface area contributed by atoms with Gasteiger partial charge in [0.25, 0.3) is 0 Å². The van der Waals surface area contributed by atoms with Crippen molar-refractivity contribution in [2.75, 3.05) is 0 Å². The monoisotopic (exact) mass is 184 g/mol. The lowest BCUT2D eigenvalue weighted by Crippen LogP contribution is -1.89. The van der Waals surface area contributed by atoms with Gasteiger partial charge in [-0.1, -0.05) is 33.6 Å². The highest BCUT2D eigenvalue weighted by molar-refractivity contribution is 7.79. The summed E-state index contributed by atoms with van der Waals surface area (Å²) in [5, 5.41) is 0. The zero-order chi connectivity index (χ0) is 9.49. The smallest absolute Gasteiger partial charge is 0.264 e. The molecule has 0 atom stereocenters. The Labute approximate surface area is 68.2 Å². The summed E-state index contributed by atoms with van der Waals surface area (Å²) in [4.78, 5) is 0. The molecular weight excluding hydrogens is 168 g/mol. The van der Waals surface area contributed by atoms with E-state index in [2.05, 4.69) is 20.8 Å². The van der Waals surface area contributed by atoms with Crippen LogP contribution in [0.15, 0.2) is 0 Å². The quantitative estimate of drug-likeness (QED) is 0.641. The van der Waals surface area contributed by atoms with E-state index in [1.165, 1.54) is 12.8 Å². The van der Waals surface area contributed by atoms with Crippen LogP contribution in [0.2, 0.25) is 0 Å². The minimum atomic E-state index is -4.67. The van der Waals surface area contributed by atoms with E-state index in [9.17, 15) is 0 Å². The molecule has 0 fully saturated rings. The van der Waals surface area contributed by atoms with Crippen LogP contribution in [0.5, 0.6) is 0 Å². The van der Waals surface area contributed by atoms with E-state index in [0.29, 0.717) is 0 Å². The minimum absolute atomic E-state index is 0.935. The highest BCUT2D eigenvalue weighted by atomic mass is 32.3. The first-order chi connectivity index (χ1) is 4.81. The van der Waals surface area contributed by atoms with Crippen LogP contribution in [-0.2, 0) is 10.4 Å². The molecular formula is C6H16O4S. The van der Waals surface area contributed by atoms with Gasteiger partial charge in [-0.2, -0.15) is 8.42 Å². The number of rotatable bonds is 2. The molecule has 0 aromatic carbocycles. The molecule has 0 amide bonds. The first-order valence-electron chi connectivity index (χ1n) is 3.51. The van der Waals surface area contributed by atoms with Gasteiger partial charge in [-0.3, -0.25) is 9.11 Å². The zero-order valence-electron chi connectivity index (χ0n) is 7.11. The van der Waals surface area contributed by atoms with Crippen molar-refractivity contribution < 1.29 is 17.5 Å². The van der Waals surface area contributed by atoms with Crippen molar-refractivity contribution in [3.05, 3.63) is 0 Å². The summed E-state index contributed by atoms with van der Waals surface area (Å²) in [5.41, 5.74) is 0. The van der Waals surface area contributed by atoms with Crippen molar-refractivity contribution >= 4 is 10.4 Å². The van der Waals surface area contributed by atoms with Crippen molar-refractivity contribution in [3.8, 4) is 0 Å². The highest BCUT2D eigenvalue weighted by Gasteiger charge is 1.88. The fraction of sp³-hybridized carbons (Fsp3) is 1.00. The molecule has 0 aromatic rings. The fourth-order valence-corrected chi connectivity index (χ4v) is 0.289. The third-order valence-corrected chi connectivity index (χ3v) is 1.39. The molecule has 0 unspecified atom stereocenters. The van der Waals surface area contributed by atoms with Crippen LogP contribution in [-0.4, -0.2) is 17.5 Å². The van der Waals surface area contributed by atoms with Gasteiger partial charge in [-0.15, -0.1) is 0 Å². The molecule has 4 nitrogen and oxygen atoms in total. The van der Waals surface area contributed by atoms with Gasteiger partial charge in [0.15, 0.2) is 0 Å². The average molecular weight is 184 g/mol. The molecule has 70 valence electrons. The standard InChI is InChI=1S/C6H14.H2O4S/c1-4-6(3)5-2;1-5(2,3)4/h6H,4-5H2,1-3H3;(H2,1,2,3,4). The zero-order valence-corrected chi connectivity index (χ0v) is 7.93. The second-order valence-corrected chi connectivity index (χ2v) is 3.27.